The van der Waals surface area contributed by atoms with Crippen molar-refractivity contribution in [3.05, 3.63) is 58.6 Å². The van der Waals surface area contributed by atoms with Crippen LogP contribution in [0.4, 0.5) is 0 Å². The number of methoxy groups -OCH3 is 1. The van der Waals surface area contributed by atoms with E-state index in [1.54, 1.807) is 17.4 Å². The van der Waals surface area contributed by atoms with Gasteiger partial charge >= 0.3 is 5.97 Å². The Bertz CT molecular complexity index is 759. The third kappa shape index (κ3) is 2.37. The van der Waals surface area contributed by atoms with Crippen LogP contribution in [0.5, 0.6) is 0 Å². The SMILES string of the molecule is COC(=O)c1cc(Br)ccc1-c1cc2ccccc2s1. The molecule has 1 heterocycles. The highest BCUT2D eigenvalue weighted by Crippen LogP contribution is 2.36. The summed E-state index contributed by atoms with van der Waals surface area (Å²) in [5.41, 5.74) is 1.48. The zero-order valence-corrected chi connectivity index (χ0v) is 13.1. The van der Waals surface area contributed by atoms with Crippen molar-refractivity contribution in [3.8, 4) is 10.4 Å². The molecule has 3 aromatic rings. The van der Waals surface area contributed by atoms with E-state index in [-0.39, 0.29) is 5.97 Å². The molecular formula is C16H11BrO2S. The van der Waals surface area contributed by atoms with E-state index in [1.165, 1.54) is 17.2 Å². The van der Waals surface area contributed by atoms with E-state index in [1.807, 2.05) is 24.3 Å². The Kier molecular flexibility index (Phi) is 3.59. The van der Waals surface area contributed by atoms with Crippen molar-refractivity contribution in [2.45, 2.75) is 0 Å². The number of hydrogen-bond donors (Lipinski definition) is 0. The monoisotopic (exact) mass is 346 g/mol. The van der Waals surface area contributed by atoms with Gasteiger partial charge in [-0.2, -0.15) is 0 Å². The summed E-state index contributed by atoms with van der Waals surface area (Å²) >= 11 is 5.07. The number of rotatable bonds is 2. The van der Waals surface area contributed by atoms with E-state index in [9.17, 15) is 4.79 Å². The third-order valence-corrected chi connectivity index (χ3v) is 4.72. The number of carbonyl (C=O) groups excluding carboxylic acids is 1. The van der Waals surface area contributed by atoms with Crippen molar-refractivity contribution in [2.24, 2.45) is 0 Å². The minimum atomic E-state index is -0.321. The van der Waals surface area contributed by atoms with Crippen molar-refractivity contribution in [1.82, 2.24) is 0 Å². The number of ether oxygens (including phenoxy) is 1. The number of fused-ring (bicyclic) bond motifs is 1. The average molecular weight is 347 g/mol. The maximum Gasteiger partial charge on any atom is 0.338 e. The quantitative estimate of drug-likeness (QED) is 0.602. The molecule has 0 spiro atoms. The molecule has 0 saturated carbocycles. The topological polar surface area (TPSA) is 26.3 Å². The van der Waals surface area contributed by atoms with Crippen LogP contribution in [0.3, 0.4) is 0 Å². The number of hydrogen-bond acceptors (Lipinski definition) is 3. The molecule has 0 aliphatic heterocycles. The highest BCUT2D eigenvalue weighted by molar-refractivity contribution is 9.10. The summed E-state index contributed by atoms with van der Waals surface area (Å²) in [5.74, 6) is -0.321. The Labute approximate surface area is 129 Å². The molecule has 0 N–H and O–H groups in total. The summed E-state index contributed by atoms with van der Waals surface area (Å²) in [5, 5.41) is 1.19. The van der Waals surface area contributed by atoms with Gasteiger partial charge in [-0.05, 0) is 29.7 Å². The molecule has 0 saturated heterocycles. The molecule has 0 fully saturated rings. The Morgan fingerprint density at radius 2 is 1.95 bits per heavy atom. The highest BCUT2D eigenvalue weighted by atomic mass is 79.9. The fraction of sp³-hybridized carbons (Fsp3) is 0.0625. The van der Waals surface area contributed by atoms with E-state index >= 15 is 0 Å². The third-order valence-electron chi connectivity index (χ3n) is 3.08. The molecule has 3 rings (SSSR count). The van der Waals surface area contributed by atoms with E-state index in [2.05, 4.69) is 34.1 Å². The lowest BCUT2D eigenvalue weighted by atomic mass is 10.1. The van der Waals surface area contributed by atoms with Crippen LogP contribution < -0.4 is 0 Å². The Morgan fingerprint density at radius 3 is 2.70 bits per heavy atom. The standard InChI is InChI=1S/C16H11BrO2S/c1-19-16(18)13-9-11(17)6-7-12(13)15-8-10-4-2-3-5-14(10)20-15/h2-9H,1H3. The van der Waals surface area contributed by atoms with Crippen molar-refractivity contribution in [3.63, 3.8) is 0 Å². The fourth-order valence-electron chi connectivity index (χ4n) is 2.12. The van der Waals surface area contributed by atoms with Crippen molar-refractivity contribution in [1.29, 1.82) is 0 Å². The van der Waals surface area contributed by atoms with Crippen LogP contribution in [0.1, 0.15) is 10.4 Å². The first-order valence-electron chi connectivity index (χ1n) is 6.06. The maximum absolute atomic E-state index is 11.9. The van der Waals surface area contributed by atoms with Crippen LogP contribution >= 0.6 is 27.3 Å². The van der Waals surface area contributed by atoms with Gasteiger partial charge in [0.25, 0.3) is 0 Å². The fourth-order valence-corrected chi connectivity index (χ4v) is 3.59. The number of thiophene rings is 1. The van der Waals surface area contributed by atoms with Gasteiger partial charge in [-0.15, -0.1) is 11.3 Å². The molecule has 20 heavy (non-hydrogen) atoms. The van der Waals surface area contributed by atoms with Crippen LogP contribution in [0.2, 0.25) is 0 Å². The number of esters is 1. The predicted octanol–water partition coefficient (Wildman–Crippen LogP) is 5.12. The Hall–Kier alpha value is -1.65. The van der Waals surface area contributed by atoms with E-state index in [4.69, 9.17) is 4.74 Å². The summed E-state index contributed by atoms with van der Waals surface area (Å²) < 4.78 is 6.95. The Balaban J connectivity index is 2.20. The van der Waals surface area contributed by atoms with Crippen LogP contribution in [0.15, 0.2) is 53.0 Å². The van der Waals surface area contributed by atoms with Gasteiger partial charge in [-0.25, -0.2) is 4.79 Å². The normalized spacial score (nSPS) is 10.7. The minimum Gasteiger partial charge on any atom is -0.465 e. The second-order valence-electron chi connectivity index (χ2n) is 4.33. The predicted molar refractivity (Wildman–Crippen MR) is 86.3 cm³/mol. The number of carbonyl (C=O) groups is 1. The summed E-state index contributed by atoms with van der Waals surface area (Å²) in [6.45, 7) is 0. The first kappa shape index (κ1) is 13.3. The van der Waals surface area contributed by atoms with Gasteiger partial charge in [-0.3, -0.25) is 0 Å². The molecule has 0 aliphatic rings. The van der Waals surface area contributed by atoms with Gasteiger partial charge < -0.3 is 4.74 Å². The summed E-state index contributed by atoms with van der Waals surface area (Å²) in [7, 11) is 1.40. The van der Waals surface area contributed by atoms with Crippen molar-refractivity contribution < 1.29 is 9.53 Å². The van der Waals surface area contributed by atoms with Gasteiger partial charge in [-0.1, -0.05) is 40.2 Å². The van der Waals surface area contributed by atoms with Crippen LogP contribution in [-0.4, -0.2) is 13.1 Å². The first-order chi connectivity index (χ1) is 9.69. The van der Waals surface area contributed by atoms with Gasteiger partial charge in [0.2, 0.25) is 0 Å². The first-order valence-corrected chi connectivity index (χ1v) is 7.67. The molecule has 2 aromatic carbocycles. The maximum atomic E-state index is 11.9. The van der Waals surface area contributed by atoms with Crippen LogP contribution in [-0.2, 0) is 4.74 Å². The molecule has 4 heteroatoms. The van der Waals surface area contributed by atoms with Gasteiger partial charge in [0.1, 0.15) is 0 Å². The van der Waals surface area contributed by atoms with E-state index in [0.29, 0.717) is 5.56 Å². The Morgan fingerprint density at radius 1 is 1.15 bits per heavy atom. The minimum absolute atomic E-state index is 0.321. The molecular weight excluding hydrogens is 336 g/mol. The number of benzene rings is 2. The van der Waals surface area contributed by atoms with E-state index in [0.717, 1.165) is 14.9 Å². The summed E-state index contributed by atoms with van der Waals surface area (Å²) in [4.78, 5) is 13.0. The average Bonchev–Trinajstić information content (AvgIpc) is 2.90. The lowest BCUT2D eigenvalue weighted by molar-refractivity contribution is 0.0601. The second-order valence-corrected chi connectivity index (χ2v) is 6.33. The molecule has 1 aromatic heterocycles. The van der Waals surface area contributed by atoms with Crippen molar-refractivity contribution in [2.75, 3.05) is 7.11 Å². The largest absolute Gasteiger partial charge is 0.465 e. The molecule has 100 valence electrons. The second kappa shape index (κ2) is 5.38. The summed E-state index contributed by atoms with van der Waals surface area (Å²) in [6, 6.07) is 16.0. The molecule has 0 amide bonds. The lowest BCUT2D eigenvalue weighted by Crippen LogP contribution is -2.03. The van der Waals surface area contributed by atoms with Crippen LogP contribution in [0, 0.1) is 0 Å². The van der Waals surface area contributed by atoms with Crippen LogP contribution in [0.25, 0.3) is 20.5 Å². The highest BCUT2D eigenvalue weighted by Gasteiger charge is 2.15. The molecule has 0 unspecified atom stereocenters. The van der Waals surface area contributed by atoms with Gasteiger partial charge in [0, 0.05) is 19.6 Å². The van der Waals surface area contributed by atoms with Gasteiger partial charge in [0.15, 0.2) is 0 Å². The molecule has 0 bridgehead atoms. The molecule has 0 radical (unpaired) electrons. The molecule has 2 nitrogen and oxygen atoms in total. The van der Waals surface area contributed by atoms with Crippen molar-refractivity contribution >= 4 is 43.3 Å². The molecule has 0 atom stereocenters. The molecule has 0 aliphatic carbocycles. The smallest absolute Gasteiger partial charge is 0.338 e. The van der Waals surface area contributed by atoms with E-state index < -0.39 is 0 Å². The number of halogens is 1. The zero-order valence-electron chi connectivity index (χ0n) is 10.7. The van der Waals surface area contributed by atoms with Gasteiger partial charge in [0.05, 0.1) is 12.7 Å². The zero-order chi connectivity index (χ0) is 14.1. The summed E-state index contributed by atoms with van der Waals surface area (Å²) in [6.07, 6.45) is 0. The lowest BCUT2D eigenvalue weighted by Gasteiger charge is -2.06.